The number of anilines is 1. The number of benzene rings is 3. The van der Waals surface area contributed by atoms with Crippen LogP contribution in [-0.2, 0) is 0 Å². The Hall–Kier alpha value is -2.43. The lowest BCUT2D eigenvalue weighted by molar-refractivity contribution is 0.217. The van der Waals surface area contributed by atoms with Crippen molar-refractivity contribution in [1.29, 1.82) is 0 Å². The van der Waals surface area contributed by atoms with Crippen LogP contribution in [0.15, 0.2) is 94.5 Å². The highest BCUT2D eigenvalue weighted by Crippen LogP contribution is 2.37. The van der Waals surface area contributed by atoms with Crippen LogP contribution >= 0.6 is 15.9 Å². The second kappa shape index (κ2) is 6.82. The molecule has 0 saturated heterocycles. The zero-order valence-electron chi connectivity index (χ0n) is 13.5. The van der Waals surface area contributed by atoms with E-state index in [9.17, 15) is 5.11 Å². The summed E-state index contributed by atoms with van der Waals surface area (Å²) < 4.78 is 0.981. The smallest absolute Gasteiger partial charge is 0.125 e. The Morgan fingerprint density at radius 2 is 1.52 bits per heavy atom. The first-order valence-corrected chi connectivity index (χ1v) is 8.95. The van der Waals surface area contributed by atoms with E-state index in [-0.39, 0.29) is 6.04 Å². The molecular formula is C21H17BrN2O. The van der Waals surface area contributed by atoms with Crippen molar-refractivity contribution in [3.63, 3.8) is 0 Å². The molecule has 1 aliphatic rings. The van der Waals surface area contributed by atoms with Crippen molar-refractivity contribution >= 4 is 27.3 Å². The second-order valence-corrected chi connectivity index (χ2v) is 6.89. The fourth-order valence-electron chi connectivity index (χ4n) is 3.17. The molecule has 0 bridgehead atoms. The maximum Gasteiger partial charge on any atom is 0.125 e. The summed E-state index contributed by atoms with van der Waals surface area (Å²) in [5.74, 6) is 0. The van der Waals surface area contributed by atoms with Gasteiger partial charge in [-0.3, -0.25) is 5.01 Å². The first-order chi connectivity index (χ1) is 12.2. The van der Waals surface area contributed by atoms with Gasteiger partial charge in [0.1, 0.15) is 12.1 Å². The van der Waals surface area contributed by atoms with Crippen LogP contribution in [0.25, 0.3) is 0 Å². The average Bonchev–Trinajstić information content (AvgIpc) is 3.00. The van der Waals surface area contributed by atoms with Crippen LogP contribution in [-0.4, -0.2) is 16.9 Å². The molecule has 1 heterocycles. The summed E-state index contributed by atoms with van der Waals surface area (Å²) in [7, 11) is 0. The van der Waals surface area contributed by atoms with Crippen molar-refractivity contribution in [2.75, 3.05) is 5.01 Å². The van der Waals surface area contributed by atoms with Gasteiger partial charge in [0.2, 0.25) is 0 Å². The number of rotatable bonds is 3. The van der Waals surface area contributed by atoms with E-state index in [2.05, 4.69) is 15.9 Å². The summed E-state index contributed by atoms with van der Waals surface area (Å²) in [6, 6.07) is 27.6. The van der Waals surface area contributed by atoms with E-state index >= 15 is 0 Å². The molecule has 25 heavy (non-hydrogen) atoms. The SMILES string of the molecule is OC1C(c2ccccc2)=NN(c2cccc(Br)c2)C1c1ccccc1. The third kappa shape index (κ3) is 3.11. The predicted octanol–water partition coefficient (Wildman–Crippen LogP) is 4.78. The second-order valence-electron chi connectivity index (χ2n) is 5.98. The van der Waals surface area contributed by atoms with Gasteiger partial charge >= 0.3 is 0 Å². The van der Waals surface area contributed by atoms with Crippen LogP contribution in [0.3, 0.4) is 0 Å². The first kappa shape index (κ1) is 16.1. The Morgan fingerprint density at radius 3 is 2.20 bits per heavy atom. The number of aliphatic hydroxyl groups is 1. The van der Waals surface area contributed by atoms with E-state index in [1.54, 1.807) is 0 Å². The summed E-state index contributed by atoms with van der Waals surface area (Å²) in [5, 5.41) is 17.8. The summed E-state index contributed by atoms with van der Waals surface area (Å²) in [6.45, 7) is 0. The molecule has 0 radical (unpaired) electrons. The van der Waals surface area contributed by atoms with Crippen molar-refractivity contribution in [2.45, 2.75) is 12.1 Å². The van der Waals surface area contributed by atoms with Gasteiger partial charge in [0.25, 0.3) is 0 Å². The van der Waals surface area contributed by atoms with Gasteiger partial charge in [0.15, 0.2) is 0 Å². The Kier molecular flexibility index (Phi) is 4.38. The highest BCUT2D eigenvalue weighted by molar-refractivity contribution is 9.10. The molecule has 124 valence electrons. The number of hydrogen-bond donors (Lipinski definition) is 1. The van der Waals surface area contributed by atoms with Crippen molar-refractivity contribution in [3.8, 4) is 0 Å². The van der Waals surface area contributed by atoms with Gasteiger partial charge in [-0.1, -0.05) is 82.7 Å². The highest BCUT2D eigenvalue weighted by Gasteiger charge is 2.38. The zero-order chi connectivity index (χ0) is 17.2. The van der Waals surface area contributed by atoms with Gasteiger partial charge in [0.05, 0.1) is 11.4 Å². The molecule has 0 aromatic heterocycles. The van der Waals surface area contributed by atoms with E-state index in [0.29, 0.717) is 5.71 Å². The molecular weight excluding hydrogens is 376 g/mol. The Morgan fingerprint density at radius 1 is 0.840 bits per heavy atom. The van der Waals surface area contributed by atoms with Crippen LogP contribution in [0.5, 0.6) is 0 Å². The molecule has 0 aliphatic carbocycles. The van der Waals surface area contributed by atoms with E-state index in [4.69, 9.17) is 5.10 Å². The number of nitrogens with zero attached hydrogens (tertiary/aromatic N) is 2. The Bertz CT molecular complexity index is 896. The molecule has 1 aliphatic heterocycles. The molecule has 0 amide bonds. The highest BCUT2D eigenvalue weighted by atomic mass is 79.9. The lowest BCUT2D eigenvalue weighted by Crippen LogP contribution is -2.29. The van der Waals surface area contributed by atoms with E-state index in [0.717, 1.165) is 21.3 Å². The van der Waals surface area contributed by atoms with Crippen molar-refractivity contribution < 1.29 is 5.11 Å². The minimum absolute atomic E-state index is 0.259. The van der Waals surface area contributed by atoms with E-state index in [1.807, 2.05) is 89.9 Å². The van der Waals surface area contributed by atoms with E-state index in [1.165, 1.54) is 0 Å². The molecule has 3 aromatic carbocycles. The maximum absolute atomic E-state index is 11.1. The number of aliphatic hydroxyl groups excluding tert-OH is 1. The monoisotopic (exact) mass is 392 g/mol. The standard InChI is InChI=1S/C21H17BrN2O/c22-17-12-7-13-18(14-17)24-20(16-10-5-2-6-11-16)21(25)19(23-24)15-8-3-1-4-9-15/h1-14,20-21,25H. The van der Waals surface area contributed by atoms with Crippen molar-refractivity contribution in [3.05, 3.63) is 101 Å². The van der Waals surface area contributed by atoms with Crippen LogP contribution < -0.4 is 5.01 Å². The molecule has 4 heteroatoms. The van der Waals surface area contributed by atoms with Gasteiger partial charge in [-0.05, 0) is 23.8 Å². The molecule has 0 saturated carbocycles. The molecule has 2 atom stereocenters. The van der Waals surface area contributed by atoms with Gasteiger partial charge in [-0.25, -0.2) is 0 Å². The fraction of sp³-hybridized carbons (Fsp3) is 0.0952. The summed E-state index contributed by atoms with van der Waals surface area (Å²) in [5.41, 5.74) is 3.60. The van der Waals surface area contributed by atoms with Gasteiger partial charge in [-0.2, -0.15) is 5.10 Å². The topological polar surface area (TPSA) is 35.8 Å². The minimum atomic E-state index is -0.705. The molecule has 0 spiro atoms. The summed E-state index contributed by atoms with van der Waals surface area (Å²) in [4.78, 5) is 0. The average molecular weight is 393 g/mol. The number of hydrazone groups is 1. The van der Waals surface area contributed by atoms with Crippen LogP contribution in [0.2, 0.25) is 0 Å². The Balaban J connectivity index is 1.82. The number of hydrogen-bond acceptors (Lipinski definition) is 3. The third-order valence-electron chi connectivity index (χ3n) is 4.34. The van der Waals surface area contributed by atoms with Gasteiger partial charge < -0.3 is 5.11 Å². The normalized spacial score (nSPS) is 19.8. The number of halogens is 1. The molecule has 0 fully saturated rings. The quantitative estimate of drug-likeness (QED) is 0.696. The van der Waals surface area contributed by atoms with Gasteiger partial charge in [0, 0.05) is 10.0 Å². The lowest BCUT2D eigenvalue weighted by Gasteiger charge is -2.26. The molecule has 1 N–H and O–H groups in total. The van der Waals surface area contributed by atoms with Crippen LogP contribution in [0.1, 0.15) is 17.2 Å². The molecule has 3 aromatic rings. The van der Waals surface area contributed by atoms with E-state index < -0.39 is 6.10 Å². The van der Waals surface area contributed by atoms with Crippen LogP contribution in [0, 0.1) is 0 Å². The maximum atomic E-state index is 11.1. The predicted molar refractivity (Wildman–Crippen MR) is 105 cm³/mol. The van der Waals surface area contributed by atoms with Crippen molar-refractivity contribution in [1.82, 2.24) is 0 Å². The Labute approximate surface area is 155 Å². The third-order valence-corrected chi connectivity index (χ3v) is 4.83. The summed E-state index contributed by atoms with van der Waals surface area (Å²) in [6.07, 6.45) is -0.705. The first-order valence-electron chi connectivity index (χ1n) is 8.16. The van der Waals surface area contributed by atoms with Crippen molar-refractivity contribution in [2.24, 2.45) is 5.10 Å². The van der Waals surface area contributed by atoms with Crippen LogP contribution in [0.4, 0.5) is 5.69 Å². The lowest BCUT2D eigenvalue weighted by atomic mass is 9.95. The molecule has 3 nitrogen and oxygen atoms in total. The zero-order valence-corrected chi connectivity index (χ0v) is 15.0. The summed E-state index contributed by atoms with van der Waals surface area (Å²) >= 11 is 3.52. The van der Waals surface area contributed by atoms with Gasteiger partial charge in [-0.15, -0.1) is 0 Å². The largest absolute Gasteiger partial charge is 0.384 e. The molecule has 2 unspecified atom stereocenters. The fourth-order valence-corrected chi connectivity index (χ4v) is 3.56. The molecule has 4 rings (SSSR count). The minimum Gasteiger partial charge on any atom is -0.384 e.